The molecule has 4 rings (SSSR count). The lowest BCUT2D eigenvalue weighted by Gasteiger charge is -2.33. The van der Waals surface area contributed by atoms with Crippen molar-refractivity contribution in [1.29, 1.82) is 0 Å². The van der Waals surface area contributed by atoms with E-state index in [1.54, 1.807) is 6.92 Å². The summed E-state index contributed by atoms with van der Waals surface area (Å²) < 4.78 is 40.1. The Hall–Kier alpha value is -2.04. The molecule has 1 atom stereocenters. The number of sulfonamides is 1. The second-order valence-corrected chi connectivity index (χ2v) is 9.85. The Labute approximate surface area is 163 Å². The van der Waals surface area contributed by atoms with Gasteiger partial charge in [0.15, 0.2) is 6.67 Å². The number of halogens is 1. The molecule has 1 aliphatic carbocycles. The first-order valence-electron chi connectivity index (χ1n) is 9.45. The van der Waals surface area contributed by atoms with Gasteiger partial charge in [-0.25, -0.2) is 22.5 Å². The second-order valence-electron chi connectivity index (χ2n) is 7.91. The molecule has 0 unspecified atom stereocenters. The average molecular weight is 411 g/mol. The van der Waals surface area contributed by atoms with Gasteiger partial charge >= 0.3 is 6.03 Å². The Bertz CT molecular complexity index is 912. The highest BCUT2D eigenvalue weighted by atomic mass is 32.2. The van der Waals surface area contributed by atoms with E-state index in [1.165, 1.54) is 27.4 Å². The third-order valence-corrected chi connectivity index (χ3v) is 7.83. The number of rotatable bonds is 5. The van der Waals surface area contributed by atoms with Crippen LogP contribution in [0.5, 0.6) is 0 Å². The Morgan fingerprint density at radius 2 is 1.93 bits per heavy atom. The zero-order valence-corrected chi connectivity index (χ0v) is 16.5. The van der Waals surface area contributed by atoms with E-state index in [2.05, 4.69) is 5.32 Å². The molecule has 1 aromatic carbocycles. The number of benzene rings is 1. The summed E-state index contributed by atoms with van der Waals surface area (Å²) in [5.74, 6) is -0.581. The van der Waals surface area contributed by atoms with E-state index in [1.807, 2.05) is 0 Å². The molecule has 0 spiro atoms. The van der Waals surface area contributed by atoms with Crippen molar-refractivity contribution in [2.75, 3.05) is 32.8 Å². The van der Waals surface area contributed by atoms with Gasteiger partial charge in [-0.2, -0.15) is 4.31 Å². The van der Waals surface area contributed by atoms with E-state index in [4.69, 9.17) is 0 Å². The van der Waals surface area contributed by atoms with Gasteiger partial charge in [-0.1, -0.05) is 6.07 Å². The van der Waals surface area contributed by atoms with Gasteiger partial charge in [0, 0.05) is 0 Å². The topological polar surface area (TPSA) is 91.2 Å². The minimum absolute atomic E-state index is 0.0646. The first kappa shape index (κ1) is 19.3. The molecule has 8 nitrogen and oxygen atoms in total. The van der Waals surface area contributed by atoms with Crippen molar-refractivity contribution < 1.29 is 27.3 Å². The van der Waals surface area contributed by atoms with Gasteiger partial charge in [0.25, 0.3) is 5.91 Å². The molecule has 0 bridgehead atoms. The van der Waals surface area contributed by atoms with Gasteiger partial charge in [-0.3, -0.25) is 4.79 Å². The van der Waals surface area contributed by atoms with Crippen molar-refractivity contribution in [3.63, 3.8) is 0 Å². The fraction of sp³-hybridized carbons (Fsp3) is 0.556. The Balaban J connectivity index is 1.38. The van der Waals surface area contributed by atoms with Crippen molar-refractivity contribution >= 4 is 22.0 Å². The van der Waals surface area contributed by atoms with E-state index in [9.17, 15) is 22.4 Å². The van der Waals surface area contributed by atoms with E-state index in [0.29, 0.717) is 13.1 Å². The normalized spacial score (nSPS) is 27.3. The molecular weight excluding hydrogens is 387 g/mol. The van der Waals surface area contributed by atoms with Crippen molar-refractivity contribution in [3.05, 3.63) is 30.1 Å². The van der Waals surface area contributed by atoms with Crippen LogP contribution >= 0.6 is 0 Å². The maximum atomic E-state index is 13.4. The number of piperazine rings is 1. The predicted molar refractivity (Wildman–Crippen MR) is 97.2 cm³/mol. The third-order valence-electron chi connectivity index (χ3n) is 5.94. The van der Waals surface area contributed by atoms with E-state index in [0.717, 1.165) is 23.8 Å². The van der Waals surface area contributed by atoms with Crippen LogP contribution in [0.25, 0.3) is 0 Å². The summed E-state index contributed by atoms with van der Waals surface area (Å²) in [6.45, 7) is 3.43. The van der Waals surface area contributed by atoms with E-state index in [-0.39, 0.29) is 42.5 Å². The lowest BCUT2D eigenvalue weighted by Crippen LogP contribution is -3.16. The highest BCUT2D eigenvalue weighted by Crippen LogP contribution is 2.42. The molecule has 0 radical (unpaired) electrons. The summed E-state index contributed by atoms with van der Waals surface area (Å²) in [5, 5.41) is 2.82. The van der Waals surface area contributed by atoms with Crippen LogP contribution in [0.3, 0.4) is 0 Å². The van der Waals surface area contributed by atoms with Gasteiger partial charge in [0.2, 0.25) is 10.0 Å². The lowest BCUT2D eigenvalue weighted by molar-refractivity contribution is -0.910. The number of carbonyl (C=O) groups excluding carboxylic acids is 2. The quantitative estimate of drug-likeness (QED) is 0.633. The molecule has 3 aliphatic rings. The number of hydrogen-bond donors (Lipinski definition) is 2. The molecule has 2 saturated heterocycles. The number of nitrogens with zero attached hydrogens (tertiary/aromatic N) is 2. The van der Waals surface area contributed by atoms with Crippen LogP contribution in [0, 0.1) is 11.7 Å². The molecule has 2 aliphatic heterocycles. The summed E-state index contributed by atoms with van der Waals surface area (Å²) in [6, 6.07) is 4.60. The van der Waals surface area contributed by atoms with Crippen LogP contribution in [0.2, 0.25) is 0 Å². The largest absolute Gasteiger partial charge is 0.329 e. The highest BCUT2D eigenvalue weighted by molar-refractivity contribution is 7.89. The highest BCUT2D eigenvalue weighted by Gasteiger charge is 2.56. The number of imide groups is 1. The van der Waals surface area contributed by atoms with Crippen molar-refractivity contribution in [3.8, 4) is 0 Å². The maximum Gasteiger partial charge on any atom is 0.329 e. The lowest BCUT2D eigenvalue weighted by atomic mass is 9.96. The third kappa shape index (κ3) is 3.29. The summed E-state index contributed by atoms with van der Waals surface area (Å²) >= 11 is 0. The first-order chi connectivity index (χ1) is 13.2. The molecule has 3 amide bonds. The maximum absolute atomic E-state index is 13.4. The Morgan fingerprint density at radius 3 is 2.54 bits per heavy atom. The molecule has 2 heterocycles. The molecule has 3 fully saturated rings. The van der Waals surface area contributed by atoms with Crippen molar-refractivity contribution in [2.24, 2.45) is 5.92 Å². The van der Waals surface area contributed by atoms with Gasteiger partial charge in [-0.05, 0) is 43.9 Å². The SMILES string of the molecule is C[C@]1(C2CC2)NC(=O)N(C[NH+]2CCN(S(=O)(=O)c3cccc(F)c3)CC2)C1=O. The fourth-order valence-corrected chi connectivity index (χ4v) is 5.47. The molecule has 2 N–H and O–H groups in total. The summed E-state index contributed by atoms with van der Waals surface area (Å²) in [5.41, 5.74) is -0.806. The minimum atomic E-state index is -3.76. The number of amides is 3. The summed E-state index contributed by atoms with van der Waals surface area (Å²) in [4.78, 5) is 27.2. The standard InChI is InChI=1S/C18H23FN4O4S/c1-18(13-5-6-13)16(24)23(17(25)20-18)12-21-7-9-22(10-8-21)28(26,27)15-4-2-3-14(19)11-15/h2-4,11,13H,5-10,12H2,1H3,(H,20,25)/p+1/t18-/m1/s1. The molecule has 10 heteroatoms. The van der Waals surface area contributed by atoms with E-state index >= 15 is 0 Å². The van der Waals surface area contributed by atoms with Gasteiger partial charge in [0.05, 0.1) is 31.1 Å². The Kier molecular flexibility index (Phi) is 4.67. The predicted octanol–water partition coefficient (Wildman–Crippen LogP) is -0.607. The molecule has 1 aromatic rings. The number of nitrogens with one attached hydrogen (secondary N) is 2. The van der Waals surface area contributed by atoms with Crippen LogP contribution in [0.15, 0.2) is 29.2 Å². The van der Waals surface area contributed by atoms with Crippen LogP contribution in [-0.2, 0) is 14.8 Å². The summed E-state index contributed by atoms with van der Waals surface area (Å²) in [7, 11) is -3.76. The van der Waals surface area contributed by atoms with Crippen LogP contribution in [0.4, 0.5) is 9.18 Å². The minimum Gasteiger partial charge on any atom is -0.323 e. The smallest absolute Gasteiger partial charge is 0.323 e. The number of hydrogen-bond acceptors (Lipinski definition) is 4. The fourth-order valence-electron chi connectivity index (χ4n) is 4.00. The van der Waals surface area contributed by atoms with Crippen LogP contribution < -0.4 is 10.2 Å². The molecule has 28 heavy (non-hydrogen) atoms. The number of urea groups is 1. The number of carbonyl (C=O) groups is 2. The average Bonchev–Trinajstić information content (AvgIpc) is 3.48. The Morgan fingerprint density at radius 1 is 1.25 bits per heavy atom. The van der Waals surface area contributed by atoms with Gasteiger partial charge in [0.1, 0.15) is 11.4 Å². The summed E-state index contributed by atoms with van der Waals surface area (Å²) in [6.07, 6.45) is 1.89. The zero-order chi connectivity index (χ0) is 20.1. The van der Waals surface area contributed by atoms with Crippen LogP contribution in [0.1, 0.15) is 19.8 Å². The molecular formula is C18H24FN4O4S+. The molecule has 152 valence electrons. The van der Waals surface area contributed by atoms with Gasteiger partial charge in [-0.15, -0.1) is 0 Å². The monoisotopic (exact) mass is 411 g/mol. The van der Waals surface area contributed by atoms with E-state index < -0.39 is 21.4 Å². The van der Waals surface area contributed by atoms with Crippen molar-refractivity contribution in [1.82, 2.24) is 14.5 Å². The molecule has 0 aromatic heterocycles. The zero-order valence-electron chi connectivity index (χ0n) is 15.7. The molecule has 1 saturated carbocycles. The van der Waals surface area contributed by atoms with Crippen LogP contribution in [-0.4, -0.2) is 67.9 Å². The van der Waals surface area contributed by atoms with Crippen molar-refractivity contribution in [2.45, 2.75) is 30.2 Å². The number of quaternary nitrogens is 1. The first-order valence-corrected chi connectivity index (χ1v) is 10.9. The van der Waals surface area contributed by atoms with Gasteiger partial charge < -0.3 is 10.2 Å². The second kappa shape index (κ2) is 6.78.